The molecule has 16 heavy (non-hydrogen) atoms. The molecular formula is C16H26. The summed E-state index contributed by atoms with van der Waals surface area (Å²) in [5, 5.41) is 0. The van der Waals surface area contributed by atoms with Crippen molar-refractivity contribution in [2.45, 2.75) is 53.4 Å². The number of hydrogen-bond acceptors (Lipinski definition) is 0. The van der Waals surface area contributed by atoms with Crippen LogP contribution < -0.4 is 0 Å². The van der Waals surface area contributed by atoms with Crippen molar-refractivity contribution in [3.8, 4) is 0 Å². The van der Waals surface area contributed by atoms with Gasteiger partial charge in [0.15, 0.2) is 0 Å². The van der Waals surface area contributed by atoms with Crippen molar-refractivity contribution in [3.63, 3.8) is 0 Å². The third kappa shape index (κ3) is 4.00. The SMILES string of the molecule is CCC(C)(C)C(C)CCCc1ccccc1. The van der Waals surface area contributed by atoms with Gasteiger partial charge in [0, 0.05) is 0 Å². The van der Waals surface area contributed by atoms with E-state index in [1.165, 1.54) is 31.2 Å². The van der Waals surface area contributed by atoms with E-state index in [0.717, 1.165) is 5.92 Å². The fourth-order valence-electron chi connectivity index (χ4n) is 2.00. The lowest BCUT2D eigenvalue weighted by atomic mass is 9.75. The summed E-state index contributed by atoms with van der Waals surface area (Å²) in [6.45, 7) is 9.47. The molecule has 1 unspecified atom stereocenters. The number of hydrogen-bond donors (Lipinski definition) is 0. The Balaban J connectivity index is 2.31. The van der Waals surface area contributed by atoms with Gasteiger partial charge in [-0.3, -0.25) is 0 Å². The van der Waals surface area contributed by atoms with Gasteiger partial charge in [-0.25, -0.2) is 0 Å². The summed E-state index contributed by atoms with van der Waals surface area (Å²) in [5.41, 5.74) is 1.97. The van der Waals surface area contributed by atoms with E-state index in [0.29, 0.717) is 5.41 Å². The standard InChI is InChI=1S/C16H26/c1-5-16(3,4)14(2)10-9-13-15-11-7-6-8-12-15/h6-8,11-12,14H,5,9-10,13H2,1-4H3. The van der Waals surface area contributed by atoms with Crippen molar-refractivity contribution in [1.29, 1.82) is 0 Å². The minimum Gasteiger partial charge on any atom is -0.0649 e. The molecule has 1 aromatic carbocycles. The molecule has 0 N–H and O–H groups in total. The van der Waals surface area contributed by atoms with Crippen LogP contribution in [0.2, 0.25) is 0 Å². The van der Waals surface area contributed by atoms with Gasteiger partial charge in [0.1, 0.15) is 0 Å². The quantitative estimate of drug-likeness (QED) is 0.624. The molecule has 0 spiro atoms. The van der Waals surface area contributed by atoms with E-state index in [9.17, 15) is 0 Å². The third-order valence-electron chi connectivity index (χ3n) is 4.19. The van der Waals surface area contributed by atoms with Gasteiger partial charge in [0.25, 0.3) is 0 Å². The maximum Gasteiger partial charge on any atom is -0.0279 e. The molecule has 0 nitrogen and oxygen atoms in total. The van der Waals surface area contributed by atoms with Crippen LogP contribution in [0.4, 0.5) is 0 Å². The molecule has 0 amide bonds. The van der Waals surface area contributed by atoms with Crippen molar-refractivity contribution in [2.24, 2.45) is 11.3 Å². The normalized spacial score (nSPS) is 13.8. The lowest BCUT2D eigenvalue weighted by molar-refractivity contribution is 0.206. The molecule has 0 heterocycles. The summed E-state index contributed by atoms with van der Waals surface area (Å²) in [6.07, 6.45) is 5.16. The van der Waals surface area contributed by atoms with Crippen molar-refractivity contribution >= 4 is 0 Å². The number of rotatable bonds is 6. The smallest absolute Gasteiger partial charge is 0.0279 e. The second kappa shape index (κ2) is 6.08. The van der Waals surface area contributed by atoms with Crippen LogP contribution >= 0.6 is 0 Å². The molecule has 0 saturated heterocycles. The lowest BCUT2D eigenvalue weighted by Gasteiger charge is -2.30. The molecule has 0 saturated carbocycles. The summed E-state index contributed by atoms with van der Waals surface area (Å²) in [4.78, 5) is 0. The molecule has 1 aromatic rings. The Morgan fingerprint density at radius 3 is 2.31 bits per heavy atom. The van der Waals surface area contributed by atoms with Gasteiger partial charge in [0.2, 0.25) is 0 Å². The topological polar surface area (TPSA) is 0 Å². The number of aryl methyl sites for hydroxylation is 1. The molecular weight excluding hydrogens is 192 g/mol. The average molecular weight is 218 g/mol. The first-order chi connectivity index (χ1) is 7.56. The van der Waals surface area contributed by atoms with Crippen LogP contribution in [0.1, 0.15) is 52.5 Å². The van der Waals surface area contributed by atoms with E-state index in [-0.39, 0.29) is 0 Å². The van der Waals surface area contributed by atoms with Crippen LogP contribution in [0, 0.1) is 11.3 Å². The zero-order chi connectivity index (χ0) is 12.0. The predicted molar refractivity (Wildman–Crippen MR) is 72.6 cm³/mol. The Labute approximate surface area is 101 Å². The molecule has 0 bridgehead atoms. The summed E-state index contributed by atoms with van der Waals surface area (Å²) in [5.74, 6) is 0.821. The van der Waals surface area contributed by atoms with E-state index in [1.807, 2.05) is 0 Å². The van der Waals surface area contributed by atoms with Gasteiger partial charge in [-0.05, 0) is 36.2 Å². The molecule has 1 atom stereocenters. The van der Waals surface area contributed by atoms with Crippen molar-refractivity contribution in [2.75, 3.05) is 0 Å². The van der Waals surface area contributed by atoms with E-state index >= 15 is 0 Å². The first-order valence-corrected chi connectivity index (χ1v) is 6.60. The second-order valence-corrected chi connectivity index (χ2v) is 5.62. The minimum atomic E-state index is 0.497. The first kappa shape index (κ1) is 13.3. The zero-order valence-corrected chi connectivity index (χ0v) is 11.3. The van der Waals surface area contributed by atoms with Crippen LogP contribution in [0.15, 0.2) is 30.3 Å². The Morgan fingerprint density at radius 2 is 1.75 bits per heavy atom. The van der Waals surface area contributed by atoms with Crippen LogP contribution in [0.3, 0.4) is 0 Å². The molecule has 0 radical (unpaired) electrons. The number of benzene rings is 1. The fourth-order valence-corrected chi connectivity index (χ4v) is 2.00. The van der Waals surface area contributed by atoms with Crippen LogP contribution in [-0.2, 0) is 6.42 Å². The summed E-state index contributed by atoms with van der Waals surface area (Å²) >= 11 is 0. The van der Waals surface area contributed by atoms with Crippen LogP contribution in [0.25, 0.3) is 0 Å². The highest BCUT2D eigenvalue weighted by Gasteiger charge is 2.22. The van der Waals surface area contributed by atoms with Crippen molar-refractivity contribution in [3.05, 3.63) is 35.9 Å². The van der Waals surface area contributed by atoms with E-state index < -0.39 is 0 Å². The van der Waals surface area contributed by atoms with Crippen LogP contribution in [-0.4, -0.2) is 0 Å². The Morgan fingerprint density at radius 1 is 1.12 bits per heavy atom. The van der Waals surface area contributed by atoms with Gasteiger partial charge in [-0.1, -0.05) is 64.4 Å². The van der Waals surface area contributed by atoms with Crippen molar-refractivity contribution < 1.29 is 0 Å². The van der Waals surface area contributed by atoms with Gasteiger partial charge < -0.3 is 0 Å². The highest BCUT2D eigenvalue weighted by Crippen LogP contribution is 2.33. The average Bonchev–Trinajstić information content (AvgIpc) is 2.30. The monoisotopic (exact) mass is 218 g/mol. The lowest BCUT2D eigenvalue weighted by Crippen LogP contribution is -2.20. The van der Waals surface area contributed by atoms with Gasteiger partial charge >= 0.3 is 0 Å². The molecule has 0 aliphatic rings. The maximum atomic E-state index is 2.40. The molecule has 90 valence electrons. The summed E-state index contributed by atoms with van der Waals surface area (Å²) in [6, 6.07) is 10.8. The maximum absolute atomic E-state index is 2.40. The summed E-state index contributed by atoms with van der Waals surface area (Å²) < 4.78 is 0. The molecule has 0 fully saturated rings. The van der Waals surface area contributed by atoms with E-state index in [1.54, 1.807) is 0 Å². The Kier molecular flexibility index (Phi) is 5.05. The Bertz CT molecular complexity index is 284. The van der Waals surface area contributed by atoms with Crippen LogP contribution in [0.5, 0.6) is 0 Å². The highest BCUT2D eigenvalue weighted by molar-refractivity contribution is 5.14. The molecule has 0 aliphatic heterocycles. The first-order valence-electron chi connectivity index (χ1n) is 6.60. The summed E-state index contributed by atoms with van der Waals surface area (Å²) in [7, 11) is 0. The van der Waals surface area contributed by atoms with Crippen molar-refractivity contribution in [1.82, 2.24) is 0 Å². The van der Waals surface area contributed by atoms with E-state index in [4.69, 9.17) is 0 Å². The Hall–Kier alpha value is -0.780. The fraction of sp³-hybridized carbons (Fsp3) is 0.625. The largest absolute Gasteiger partial charge is 0.0649 e. The highest BCUT2D eigenvalue weighted by atomic mass is 14.3. The molecule has 1 rings (SSSR count). The minimum absolute atomic E-state index is 0.497. The molecule has 0 aromatic heterocycles. The second-order valence-electron chi connectivity index (χ2n) is 5.62. The zero-order valence-electron chi connectivity index (χ0n) is 11.3. The van der Waals surface area contributed by atoms with E-state index in [2.05, 4.69) is 58.0 Å². The van der Waals surface area contributed by atoms with Gasteiger partial charge in [-0.15, -0.1) is 0 Å². The predicted octanol–water partition coefficient (Wildman–Crippen LogP) is 5.08. The molecule has 0 aliphatic carbocycles. The third-order valence-corrected chi connectivity index (χ3v) is 4.19. The van der Waals surface area contributed by atoms with Gasteiger partial charge in [0.05, 0.1) is 0 Å². The van der Waals surface area contributed by atoms with Gasteiger partial charge in [-0.2, -0.15) is 0 Å². The molecule has 0 heteroatoms.